The van der Waals surface area contributed by atoms with Crippen molar-refractivity contribution < 1.29 is 9.90 Å². The van der Waals surface area contributed by atoms with Crippen molar-refractivity contribution in [3.05, 3.63) is 0 Å². The molecule has 0 aromatic rings. The number of carboxylic acids is 1. The van der Waals surface area contributed by atoms with Gasteiger partial charge in [0.05, 0.1) is 5.41 Å². The van der Waals surface area contributed by atoms with E-state index in [0.717, 1.165) is 24.6 Å². The van der Waals surface area contributed by atoms with E-state index in [2.05, 4.69) is 15.9 Å². The Kier molecular flexibility index (Phi) is 2.02. The normalized spacial score (nSPS) is 52.1. The second kappa shape index (κ2) is 2.99. The van der Waals surface area contributed by atoms with E-state index in [0.29, 0.717) is 17.3 Å². The summed E-state index contributed by atoms with van der Waals surface area (Å²) in [5, 5.41) is 10.5. The van der Waals surface area contributed by atoms with Gasteiger partial charge in [-0.2, -0.15) is 0 Å². The van der Waals surface area contributed by atoms with E-state index in [1.54, 1.807) is 0 Å². The van der Waals surface area contributed by atoms with Gasteiger partial charge in [-0.25, -0.2) is 0 Å². The molecule has 0 saturated heterocycles. The van der Waals surface area contributed by atoms with Crippen LogP contribution in [0.4, 0.5) is 0 Å². The van der Waals surface area contributed by atoms with Crippen LogP contribution in [0, 0.1) is 22.7 Å². The predicted octanol–water partition coefficient (Wildman–Crippen LogP) is 3.05. The first-order valence-electron chi connectivity index (χ1n) is 5.87. The molecule has 2 nitrogen and oxygen atoms in total. The number of hydrogen-bond acceptors (Lipinski definition) is 1. The number of aliphatic carboxylic acids is 1. The first-order valence-corrected chi connectivity index (χ1v) is 6.99. The maximum atomic E-state index is 11.5. The molecule has 0 aromatic heterocycles. The quantitative estimate of drug-likeness (QED) is 0.785. The first-order chi connectivity index (χ1) is 7.07. The molecule has 4 rings (SSSR count). The van der Waals surface area contributed by atoms with Gasteiger partial charge < -0.3 is 5.11 Å². The molecular weight excluding hydrogens is 256 g/mol. The summed E-state index contributed by atoms with van der Waals surface area (Å²) in [4.78, 5) is 11.5. The molecule has 4 aliphatic carbocycles. The van der Waals surface area contributed by atoms with E-state index < -0.39 is 5.97 Å². The largest absolute Gasteiger partial charge is 0.481 e. The highest BCUT2D eigenvalue weighted by Crippen LogP contribution is 2.65. The molecule has 0 aliphatic heterocycles. The molecule has 0 unspecified atom stereocenters. The first kappa shape index (κ1) is 10.1. The van der Waals surface area contributed by atoms with Gasteiger partial charge in [0.2, 0.25) is 0 Å². The Morgan fingerprint density at radius 1 is 1.27 bits per heavy atom. The van der Waals surface area contributed by atoms with Gasteiger partial charge in [-0.3, -0.25) is 4.79 Å². The van der Waals surface area contributed by atoms with Crippen LogP contribution in [0.1, 0.15) is 38.5 Å². The molecule has 0 aromatic carbocycles. The number of alkyl halides is 1. The van der Waals surface area contributed by atoms with Gasteiger partial charge in [-0.05, 0) is 55.8 Å². The Hall–Kier alpha value is -0.0500. The topological polar surface area (TPSA) is 37.3 Å². The second-order valence-corrected chi connectivity index (χ2v) is 6.74. The van der Waals surface area contributed by atoms with Gasteiger partial charge in [0.1, 0.15) is 0 Å². The maximum absolute atomic E-state index is 11.5. The molecule has 0 radical (unpaired) electrons. The summed E-state index contributed by atoms with van der Waals surface area (Å²) in [6, 6.07) is 0. The van der Waals surface area contributed by atoms with Gasteiger partial charge >= 0.3 is 5.97 Å². The lowest BCUT2D eigenvalue weighted by molar-refractivity contribution is -0.172. The summed E-state index contributed by atoms with van der Waals surface area (Å²) in [5.74, 6) is 0.863. The van der Waals surface area contributed by atoms with E-state index in [4.69, 9.17) is 0 Å². The Morgan fingerprint density at radius 2 is 1.87 bits per heavy atom. The van der Waals surface area contributed by atoms with E-state index in [9.17, 15) is 9.90 Å². The van der Waals surface area contributed by atoms with Crippen LogP contribution >= 0.6 is 15.9 Å². The van der Waals surface area contributed by atoms with Crippen LogP contribution < -0.4 is 0 Å². The number of carbonyl (C=O) groups is 1. The summed E-state index contributed by atoms with van der Waals surface area (Å²) >= 11 is 3.62. The molecule has 4 saturated carbocycles. The van der Waals surface area contributed by atoms with Crippen LogP contribution in [0.2, 0.25) is 0 Å². The zero-order chi connectivity index (χ0) is 10.7. The molecule has 0 spiro atoms. The molecule has 0 heterocycles. The van der Waals surface area contributed by atoms with E-state index in [1.165, 1.54) is 19.3 Å². The highest BCUT2D eigenvalue weighted by molar-refractivity contribution is 9.09. The van der Waals surface area contributed by atoms with Crippen molar-refractivity contribution in [1.29, 1.82) is 0 Å². The van der Waals surface area contributed by atoms with Gasteiger partial charge in [0, 0.05) is 5.33 Å². The van der Waals surface area contributed by atoms with Crippen molar-refractivity contribution >= 4 is 21.9 Å². The van der Waals surface area contributed by atoms with Gasteiger partial charge in [-0.1, -0.05) is 15.9 Å². The van der Waals surface area contributed by atoms with Gasteiger partial charge in [0.15, 0.2) is 0 Å². The lowest BCUT2D eigenvalue weighted by atomic mass is 9.44. The molecule has 4 aliphatic rings. The van der Waals surface area contributed by atoms with Gasteiger partial charge in [0.25, 0.3) is 0 Å². The molecule has 2 atom stereocenters. The number of rotatable bonds is 2. The van der Waals surface area contributed by atoms with E-state index >= 15 is 0 Å². The average molecular weight is 273 g/mol. The standard InChI is InChI=1S/C12H17BrO2/c13-7-11-2-8-1-9(3-11)5-12(4-8,6-11)10(14)15/h8-9H,1-7H2,(H,14,15)/t8-,9-,11?,12?/m0/s1. The Labute approximate surface area is 98.6 Å². The minimum Gasteiger partial charge on any atom is -0.481 e. The SMILES string of the molecule is O=C(O)C12C[C@H]3C[C@@H](CC(CBr)(C3)C1)C2. The fraction of sp³-hybridized carbons (Fsp3) is 0.917. The summed E-state index contributed by atoms with van der Waals surface area (Å²) < 4.78 is 0. The Bertz CT molecular complexity index is 299. The zero-order valence-corrected chi connectivity index (χ0v) is 10.4. The fourth-order valence-electron chi connectivity index (χ4n) is 4.86. The van der Waals surface area contributed by atoms with E-state index in [1.807, 2.05) is 0 Å². The molecule has 84 valence electrons. The maximum Gasteiger partial charge on any atom is 0.309 e. The summed E-state index contributed by atoms with van der Waals surface area (Å²) in [6.07, 6.45) is 6.66. The van der Waals surface area contributed by atoms with Gasteiger partial charge in [-0.15, -0.1) is 0 Å². The summed E-state index contributed by atoms with van der Waals surface area (Å²) in [6.45, 7) is 0. The highest BCUT2D eigenvalue weighted by Gasteiger charge is 2.60. The van der Waals surface area contributed by atoms with Crippen molar-refractivity contribution in [3.63, 3.8) is 0 Å². The summed E-state index contributed by atoms with van der Waals surface area (Å²) in [5.41, 5.74) is -0.0275. The third-order valence-corrected chi connectivity index (χ3v) is 6.11. The third kappa shape index (κ3) is 1.31. The van der Waals surface area contributed by atoms with Crippen LogP contribution in [-0.4, -0.2) is 16.4 Å². The highest BCUT2D eigenvalue weighted by atomic mass is 79.9. The van der Waals surface area contributed by atoms with Crippen molar-refractivity contribution in [2.24, 2.45) is 22.7 Å². The van der Waals surface area contributed by atoms with Crippen LogP contribution in [0.5, 0.6) is 0 Å². The van der Waals surface area contributed by atoms with Crippen molar-refractivity contribution in [2.75, 3.05) is 5.33 Å². The number of carboxylic acid groups (broad SMARTS) is 1. The van der Waals surface area contributed by atoms with Crippen molar-refractivity contribution in [3.8, 4) is 0 Å². The molecule has 1 N–H and O–H groups in total. The third-order valence-electron chi connectivity index (χ3n) is 4.92. The molecule has 4 bridgehead atoms. The van der Waals surface area contributed by atoms with E-state index in [-0.39, 0.29) is 5.41 Å². The lowest BCUT2D eigenvalue weighted by Crippen LogP contribution is -2.55. The Morgan fingerprint density at radius 3 is 2.33 bits per heavy atom. The summed E-state index contributed by atoms with van der Waals surface area (Å²) in [7, 11) is 0. The monoisotopic (exact) mass is 272 g/mol. The smallest absolute Gasteiger partial charge is 0.309 e. The lowest BCUT2D eigenvalue weighted by Gasteiger charge is -2.60. The molecule has 15 heavy (non-hydrogen) atoms. The molecular formula is C12H17BrO2. The fourth-order valence-corrected chi connectivity index (χ4v) is 5.51. The van der Waals surface area contributed by atoms with Crippen LogP contribution in [0.15, 0.2) is 0 Å². The van der Waals surface area contributed by atoms with Crippen LogP contribution in [0.3, 0.4) is 0 Å². The predicted molar refractivity (Wildman–Crippen MR) is 61.0 cm³/mol. The average Bonchev–Trinajstić information content (AvgIpc) is 2.15. The molecule has 3 heteroatoms. The minimum absolute atomic E-state index is 0.322. The van der Waals surface area contributed by atoms with Crippen LogP contribution in [0.25, 0.3) is 0 Å². The number of halogens is 1. The van der Waals surface area contributed by atoms with Crippen molar-refractivity contribution in [2.45, 2.75) is 38.5 Å². The van der Waals surface area contributed by atoms with Crippen LogP contribution in [-0.2, 0) is 4.79 Å². The molecule has 0 amide bonds. The minimum atomic E-state index is -0.526. The molecule has 4 fully saturated rings. The van der Waals surface area contributed by atoms with Crippen molar-refractivity contribution in [1.82, 2.24) is 0 Å². The zero-order valence-electron chi connectivity index (χ0n) is 8.84. The number of hydrogen-bond donors (Lipinski definition) is 1. The Balaban J connectivity index is 1.99. The second-order valence-electron chi connectivity index (χ2n) is 6.18.